The van der Waals surface area contributed by atoms with Crippen molar-refractivity contribution in [3.63, 3.8) is 0 Å². The number of rotatable bonds is 5. The van der Waals surface area contributed by atoms with Crippen molar-refractivity contribution in [2.75, 3.05) is 11.9 Å². The normalized spacial score (nSPS) is 11.7. The lowest BCUT2D eigenvalue weighted by Crippen LogP contribution is -2.35. The Balaban J connectivity index is 2.04. The van der Waals surface area contributed by atoms with E-state index in [1.54, 1.807) is 0 Å². The minimum absolute atomic E-state index is 0.154. The third-order valence-corrected chi connectivity index (χ3v) is 4.41. The molecule has 114 valence electrons. The van der Waals surface area contributed by atoms with Crippen molar-refractivity contribution in [3.8, 4) is 0 Å². The molecule has 2 rings (SSSR count). The number of hydrogen-bond donors (Lipinski definition) is 1. The smallest absolute Gasteiger partial charge is 0.0519 e. The fourth-order valence-corrected chi connectivity index (χ4v) is 2.96. The van der Waals surface area contributed by atoms with Crippen LogP contribution < -0.4 is 10.2 Å². The van der Waals surface area contributed by atoms with Crippen molar-refractivity contribution in [3.05, 3.63) is 51.7 Å². The van der Waals surface area contributed by atoms with E-state index in [1.165, 1.54) is 21.7 Å². The lowest BCUT2D eigenvalue weighted by atomic mass is 10.0. The monoisotopic (exact) mass is 302 g/mol. The first kappa shape index (κ1) is 16.1. The van der Waals surface area contributed by atoms with Gasteiger partial charge in [-0.2, -0.15) is 0 Å². The number of nitrogens with one attached hydrogen (secondary N) is 1. The molecule has 0 fully saturated rings. The molecule has 0 aliphatic carbocycles. The van der Waals surface area contributed by atoms with Gasteiger partial charge in [-0.15, -0.1) is 11.3 Å². The Morgan fingerprint density at radius 2 is 1.95 bits per heavy atom. The summed E-state index contributed by atoms with van der Waals surface area (Å²) in [6.45, 7) is 10.7. The molecule has 0 aliphatic rings. The van der Waals surface area contributed by atoms with Crippen LogP contribution in [0.25, 0.3) is 0 Å². The lowest BCUT2D eigenvalue weighted by molar-refractivity contribution is 0.424. The molecule has 1 N–H and O–H groups in total. The van der Waals surface area contributed by atoms with Crippen LogP contribution in [0.3, 0.4) is 0 Å². The molecule has 3 heteroatoms. The van der Waals surface area contributed by atoms with Gasteiger partial charge in [-0.3, -0.25) is 0 Å². The van der Waals surface area contributed by atoms with Gasteiger partial charge in [0.2, 0.25) is 0 Å². The second-order valence-electron chi connectivity index (χ2n) is 6.65. The van der Waals surface area contributed by atoms with Crippen LogP contribution in [-0.4, -0.2) is 12.6 Å². The third-order valence-electron chi connectivity index (χ3n) is 3.55. The van der Waals surface area contributed by atoms with Gasteiger partial charge in [0, 0.05) is 29.7 Å². The van der Waals surface area contributed by atoms with Gasteiger partial charge in [0.1, 0.15) is 0 Å². The summed E-state index contributed by atoms with van der Waals surface area (Å²) in [7, 11) is 2.15. The van der Waals surface area contributed by atoms with E-state index in [9.17, 15) is 0 Å². The Bertz CT molecular complexity index is 567. The molecule has 0 atom stereocenters. The quantitative estimate of drug-likeness (QED) is 0.869. The van der Waals surface area contributed by atoms with Crippen LogP contribution >= 0.6 is 11.3 Å². The average molecular weight is 302 g/mol. The first-order valence-corrected chi connectivity index (χ1v) is 8.31. The van der Waals surface area contributed by atoms with Gasteiger partial charge in [-0.25, -0.2) is 0 Å². The van der Waals surface area contributed by atoms with E-state index in [0.29, 0.717) is 0 Å². The summed E-state index contributed by atoms with van der Waals surface area (Å²) < 4.78 is 0. The molecule has 1 heterocycles. The standard InChI is InChI=1S/C18H26N2S/c1-14-11-16(20(5)13-17-7-6-10-21-17)9-8-15(14)12-19-18(2,3)4/h6-11,19H,12-13H2,1-5H3. The van der Waals surface area contributed by atoms with Gasteiger partial charge >= 0.3 is 0 Å². The molecule has 0 spiro atoms. The highest BCUT2D eigenvalue weighted by Crippen LogP contribution is 2.21. The molecule has 0 radical (unpaired) electrons. The number of hydrogen-bond acceptors (Lipinski definition) is 3. The zero-order valence-corrected chi connectivity index (χ0v) is 14.6. The summed E-state index contributed by atoms with van der Waals surface area (Å²) >= 11 is 1.81. The summed E-state index contributed by atoms with van der Waals surface area (Å²) in [6.07, 6.45) is 0. The van der Waals surface area contributed by atoms with Crippen LogP contribution in [-0.2, 0) is 13.1 Å². The maximum Gasteiger partial charge on any atom is 0.0519 e. The molecule has 2 aromatic rings. The van der Waals surface area contributed by atoms with E-state index in [4.69, 9.17) is 0 Å². The van der Waals surface area contributed by atoms with Crippen molar-refractivity contribution >= 4 is 17.0 Å². The number of thiophene rings is 1. The van der Waals surface area contributed by atoms with Crippen molar-refractivity contribution in [1.82, 2.24) is 5.32 Å². The molecular weight excluding hydrogens is 276 g/mol. The molecule has 1 aromatic carbocycles. The fraction of sp³-hybridized carbons (Fsp3) is 0.444. The molecule has 2 nitrogen and oxygen atoms in total. The van der Waals surface area contributed by atoms with E-state index in [0.717, 1.165) is 13.1 Å². The van der Waals surface area contributed by atoms with Crippen molar-refractivity contribution in [1.29, 1.82) is 0 Å². The van der Waals surface area contributed by atoms with Crippen LogP contribution in [0.15, 0.2) is 35.7 Å². The summed E-state index contributed by atoms with van der Waals surface area (Å²) in [5.41, 5.74) is 4.15. The fourth-order valence-electron chi connectivity index (χ4n) is 2.20. The minimum Gasteiger partial charge on any atom is -0.369 e. The predicted molar refractivity (Wildman–Crippen MR) is 94.2 cm³/mol. The highest BCUT2D eigenvalue weighted by Gasteiger charge is 2.10. The first-order valence-electron chi connectivity index (χ1n) is 7.43. The van der Waals surface area contributed by atoms with E-state index in [2.05, 4.69) is 80.7 Å². The number of aryl methyl sites for hydroxylation is 1. The molecule has 0 unspecified atom stereocenters. The molecule has 21 heavy (non-hydrogen) atoms. The van der Waals surface area contributed by atoms with Crippen molar-refractivity contribution in [2.45, 2.75) is 46.3 Å². The third kappa shape index (κ3) is 4.87. The van der Waals surface area contributed by atoms with Crippen molar-refractivity contribution in [2.24, 2.45) is 0 Å². The lowest BCUT2D eigenvalue weighted by Gasteiger charge is -2.23. The molecular formula is C18H26N2S. The van der Waals surface area contributed by atoms with Crippen LogP contribution in [0.4, 0.5) is 5.69 Å². The molecule has 0 aliphatic heterocycles. The molecule has 0 amide bonds. The largest absolute Gasteiger partial charge is 0.369 e. The Morgan fingerprint density at radius 1 is 1.19 bits per heavy atom. The first-order chi connectivity index (χ1) is 9.85. The molecule has 0 saturated heterocycles. The van der Waals surface area contributed by atoms with Gasteiger partial charge in [-0.05, 0) is 62.4 Å². The van der Waals surface area contributed by atoms with Gasteiger partial charge in [-0.1, -0.05) is 12.1 Å². The zero-order valence-electron chi connectivity index (χ0n) is 13.7. The van der Waals surface area contributed by atoms with Crippen LogP contribution in [0.5, 0.6) is 0 Å². The Morgan fingerprint density at radius 3 is 2.52 bits per heavy atom. The molecule has 0 saturated carbocycles. The maximum atomic E-state index is 3.55. The van der Waals surface area contributed by atoms with Gasteiger partial charge in [0.25, 0.3) is 0 Å². The predicted octanol–water partition coefficient (Wildman–Crippen LogP) is 4.58. The van der Waals surface area contributed by atoms with Gasteiger partial charge in [0.15, 0.2) is 0 Å². The summed E-state index contributed by atoms with van der Waals surface area (Å²) in [4.78, 5) is 3.70. The molecule has 0 bridgehead atoms. The Hall–Kier alpha value is -1.32. The second kappa shape index (κ2) is 6.63. The van der Waals surface area contributed by atoms with Crippen molar-refractivity contribution < 1.29 is 0 Å². The summed E-state index contributed by atoms with van der Waals surface area (Å²) in [5.74, 6) is 0. The average Bonchev–Trinajstić information content (AvgIpc) is 2.89. The summed E-state index contributed by atoms with van der Waals surface area (Å²) in [5, 5.41) is 5.69. The maximum absolute atomic E-state index is 3.55. The SMILES string of the molecule is Cc1cc(N(C)Cc2cccs2)ccc1CNC(C)(C)C. The highest BCUT2D eigenvalue weighted by atomic mass is 32.1. The highest BCUT2D eigenvalue weighted by molar-refractivity contribution is 7.09. The topological polar surface area (TPSA) is 15.3 Å². The van der Waals surface area contributed by atoms with Crippen LogP contribution in [0, 0.1) is 6.92 Å². The van der Waals surface area contributed by atoms with Gasteiger partial charge < -0.3 is 10.2 Å². The summed E-state index contributed by atoms with van der Waals surface area (Å²) in [6, 6.07) is 11.1. The Kier molecular flexibility index (Phi) is 5.07. The van der Waals surface area contributed by atoms with Crippen LogP contribution in [0.2, 0.25) is 0 Å². The Labute approximate surface area is 132 Å². The second-order valence-corrected chi connectivity index (χ2v) is 7.68. The van der Waals surface area contributed by atoms with E-state index >= 15 is 0 Å². The van der Waals surface area contributed by atoms with E-state index < -0.39 is 0 Å². The zero-order chi connectivity index (χ0) is 15.5. The minimum atomic E-state index is 0.154. The van der Waals surface area contributed by atoms with Crippen LogP contribution in [0.1, 0.15) is 36.8 Å². The molecule has 1 aromatic heterocycles. The van der Waals surface area contributed by atoms with Gasteiger partial charge in [0.05, 0.1) is 6.54 Å². The number of anilines is 1. The number of benzene rings is 1. The van der Waals surface area contributed by atoms with E-state index in [-0.39, 0.29) is 5.54 Å². The number of nitrogens with zero attached hydrogens (tertiary/aromatic N) is 1. The van der Waals surface area contributed by atoms with E-state index in [1.807, 2.05) is 11.3 Å².